The highest BCUT2D eigenvalue weighted by Crippen LogP contribution is 2.30. The second-order valence-electron chi connectivity index (χ2n) is 4.29. The molecule has 0 unspecified atom stereocenters. The van der Waals surface area contributed by atoms with Gasteiger partial charge in [-0.15, -0.1) is 13.2 Å². The van der Waals surface area contributed by atoms with Crippen LogP contribution in [0.3, 0.4) is 0 Å². The number of nitrogens with zero attached hydrogens (tertiary/aromatic N) is 1. The van der Waals surface area contributed by atoms with Crippen molar-refractivity contribution in [2.45, 2.75) is 11.3 Å². The topological polar surface area (TPSA) is 79.2 Å². The second kappa shape index (κ2) is 6.18. The summed E-state index contributed by atoms with van der Waals surface area (Å²) in [7, 11) is -4.29. The summed E-state index contributed by atoms with van der Waals surface area (Å²) in [6.07, 6.45) is -5.01. The molecule has 120 valence electrons. The molecule has 2 aromatic carbocycles. The normalized spacial score (nSPS) is 11.6. The molecular formula is C14H9F3N2O3S. The number of hydrogen-bond acceptors (Lipinski definition) is 4. The van der Waals surface area contributed by atoms with E-state index in [2.05, 4.69) is 9.46 Å². The maximum Gasteiger partial charge on any atom is 0.573 e. The van der Waals surface area contributed by atoms with E-state index in [1.165, 1.54) is 36.4 Å². The molecule has 0 radical (unpaired) electrons. The van der Waals surface area contributed by atoms with Gasteiger partial charge in [0.25, 0.3) is 10.0 Å². The molecule has 5 nitrogen and oxygen atoms in total. The van der Waals surface area contributed by atoms with Gasteiger partial charge in [-0.1, -0.05) is 12.1 Å². The van der Waals surface area contributed by atoms with Crippen molar-refractivity contribution in [2.24, 2.45) is 0 Å². The minimum Gasteiger partial charge on any atom is -0.404 e. The Morgan fingerprint density at radius 2 is 1.65 bits per heavy atom. The minimum absolute atomic E-state index is 0.103. The van der Waals surface area contributed by atoms with Gasteiger partial charge < -0.3 is 4.74 Å². The van der Waals surface area contributed by atoms with Crippen LogP contribution in [0.15, 0.2) is 53.4 Å². The summed E-state index contributed by atoms with van der Waals surface area (Å²) in [5, 5.41) is 8.67. The van der Waals surface area contributed by atoms with Crippen molar-refractivity contribution < 1.29 is 26.3 Å². The van der Waals surface area contributed by atoms with Gasteiger partial charge in [-0.2, -0.15) is 5.26 Å². The quantitative estimate of drug-likeness (QED) is 0.925. The van der Waals surface area contributed by atoms with E-state index in [4.69, 9.17) is 5.26 Å². The van der Waals surface area contributed by atoms with Crippen LogP contribution in [-0.4, -0.2) is 14.8 Å². The fraction of sp³-hybridized carbons (Fsp3) is 0.0714. The zero-order valence-corrected chi connectivity index (χ0v) is 12.1. The maximum absolute atomic E-state index is 12.4. The van der Waals surface area contributed by atoms with Crippen LogP contribution >= 0.6 is 0 Å². The monoisotopic (exact) mass is 342 g/mol. The molecule has 0 bridgehead atoms. The Morgan fingerprint density at radius 3 is 2.22 bits per heavy atom. The number of nitriles is 1. The van der Waals surface area contributed by atoms with Crippen LogP contribution in [0.5, 0.6) is 5.75 Å². The third kappa shape index (κ3) is 4.37. The number of ether oxygens (including phenoxy) is 1. The van der Waals surface area contributed by atoms with Crippen molar-refractivity contribution in [3.05, 3.63) is 54.1 Å². The van der Waals surface area contributed by atoms with Crippen LogP contribution in [0, 0.1) is 11.3 Å². The second-order valence-corrected chi connectivity index (χ2v) is 5.94. The average Bonchev–Trinajstić information content (AvgIpc) is 2.46. The summed E-state index contributed by atoms with van der Waals surface area (Å²) in [6.45, 7) is 0. The molecule has 0 fully saturated rings. The molecule has 0 atom stereocenters. The molecule has 0 spiro atoms. The van der Waals surface area contributed by atoms with Gasteiger partial charge in [-0.3, -0.25) is 4.72 Å². The number of halogens is 3. The molecule has 2 aromatic rings. The summed E-state index contributed by atoms with van der Waals surface area (Å²) in [6, 6.07) is 11.6. The first-order valence-electron chi connectivity index (χ1n) is 6.09. The molecule has 0 aliphatic rings. The van der Waals surface area contributed by atoms with Crippen LogP contribution in [0.25, 0.3) is 0 Å². The number of alkyl halides is 3. The molecule has 0 saturated heterocycles. The molecule has 0 aliphatic carbocycles. The molecule has 0 saturated carbocycles. The zero-order chi connectivity index (χ0) is 17.1. The Balaban J connectivity index is 2.34. The SMILES string of the molecule is N#Cc1ccc(NS(=O)(=O)c2ccccc2OC(F)(F)F)cc1. The van der Waals surface area contributed by atoms with Crippen LogP contribution in [-0.2, 0) is 10.0 Å². The third-order valence-corrected chi connectivity index (χ3v) is 4.05. The molecule has 9 heteroatoms. The van der Waals surface area contributed by atoms with Gasteiger partial charge in [0.15, 0.2) is 0 Å². The molecule has 0 amide bonds. The van der Waals surface area contributed by atoms with Crippen molar-refractivity contribution in [3.8, 4) is 11.8 Å². The predicted molar refractivity (Wildman–Crippen MR) is 75.1 cm³/mol. The largest absolute Gasteiger partial charge is 0.573 e. The van der Waals surface area contributed by atoms with E-state index in [9.17, 15) is 21.6 Å². The van der Waals surface area contributed by atoms with E-state index in [1.807, 2.05) is 6.07 Å². The Labute approximate surface area is 130 Å². The first-order valence-corrected chi connectivity index (χ1v) is 7.57. The number of nitrogens with one attached hydrogen (secondary N) is 1. The Morgan fingerprint density at radius 1 is 1.04 bits per heavy atom. The van der Waals surface area contributed by atoms with Crippen molar-refractivity contribution in [1.82, 2.24) is 0 Å². The predicted octanol–water partition coefficient (Wildman–Crippen LogP) is 3.26. The van der Waals surface area contributed by atoms with Crippen LogP contribution in [0.4, 0.5) is 18.9 Å². The highest BCUT2D eigenvalue weighted by atomic mass is 32.2. The van der Waals surface area contributed by atoms with Crippen molar-refractivity contribution >= 4 is 15.7 Å². The number of sulfonamides is 1. The van der Waals surface area contributed by atoms with Crippen molar-refractivity contribution in [3.63, 3.8) is 0 Å². The van der Waals surface area contributed by atoms with E-state index in [0.717, 1.165) is 12.1 Å². The molecule has 23 heavy (non-hydrogen) atoms. The zero-order valence-electron chi connectivity index (χ0n) is 11.3. The van der Waals surface area contributed by atoms with Gasteiger partial charge in [0.1, 0.15) is 10.6 Å². The molecule has 0 aliphatic heterocycles. The van der Waals surface area contributed by atoms with E-state index in [-0.39, 0.29) is 5.69 Å². The Hall–Kier alpha value is -2.73. The van der Waals surface area contributed by atoms with Crippen LogP contribution in [0.1, 0.15) is 5.56 Å². The first-order chi connectivity index (χ1) is 10.7. The summed E-state index contributed by atoms with van der Waals surface area (Å²) in [5.74, 6) is -0.832. The standard InChI is InChI=1S/C14H9F3N2O3S/c15-14(16,17)22-12-3-1-2-4-13(12)23(20,21)19-11-7-5-10(9-18)6-8-11/h1-8,19H. The molecular weight excluding hydrogens is 333 g/mol. The first kappa shape index (κ1) is 16.6. The van der Waals surface area contributed by atoms with Gasteiger partial charge in [0.2, 0.25) is 0 Å². The fourth-order valence-corrected chi connectivity index (χ4v) is 2.89. The van der Waals surface area contributed by atoms with E-state index in [0.29, 0.717) is 5.56 Å². The van der Waals surface area contributed by atoms with E-state index >= 15 is 0 Å². The maximum atomic E-state index is 12.4. The minimum atomic E-state index is -5.01. The lowest BCUT2D eigenvalue weighted by atomic mass is 10.2. The van der Waals surface area contributed by atoms with Crippen LogP contribution in [0.2, 0.25) is 0 Å². The molecule has 0 aromatic heterocycles. The summed E-state index contributed by atoms with van der Waals surface area (Å²) in [5.41, 5.74) is 0.416. The third-order valence-electron chi connectivity index (χ3n) is 2.63. The van der Waals surface area contributed by atoms with Crippen molar-refractivity contribution in [2.75, 3.05) is 4.72 Å². The summed E-state index contributed by atoms with van der Waals surface area (Å²) in [4.78, 5) is -0.651. The Bertz CT molecular complexity index is 841. The number of anilines is 1. The van der Waals surface area contributed by atoms with Gasteiger partial charge in [0.05, 0.1) is 11.6 Å². The van der Waals surface area contributed by atoms with Crippen LogP contribution < -0.4 is 9.46 Å². The van der Waals surface area contributed by atoms with Gasteiger partial charge in [-0.05, 0) is 36.4 Å². The lowest BCUT2D eigenvalue weighted by molar-refractivity contribution is -0.275. The molecule has 2 rings (SSSR count). The summed E-state index contributed by atoms with van der Waals surface area (Å²) >= 11 is 0. The smallest absolute Gasteiger partial charge is 0.404 e. The fourth-order valence-electron chi connectivity index (χ4n) is 1.70. The van der Waals surface area contributed by atoms with E-state index in [1.54, 1.807) is 0 Å². The van der Waals surface area contributed by atoms with Gasteiger partial charge in [0, 0.05) is 5.69 Å². The highest BCUT2D eigenvalue weighted by Gasteiger charge is 2.34. The lowest BCUT2D eigenvalue weighted by Gasteiger charge is -2.14. The number of rotatable bonds is 4. The van der Waals surface area contributed by atoms with Gasteiger partial charge in [-0.25, -0.2) is 8.42 Å². The summed E-state index contributed by atoms with van der Waals surface area (Å²) < 4.78 is 67.4. The lowest BCUT2D eigenvalue weighted by Crippen LogP contribution is -2.20. The number of hydrogen-bond donors (Lipinski definition) is 1. The Kier molecular flexibility index (Phi) is 4.47. The highest BCUT2D eigenvalue weighted by molar-refractivity contribution is 7.92. The van der Waals surface area contributed by atoms with E-state index < -0.39 is 27.0 Å². The van der Waals surface area contributed by atoms with Crippen molar-refractivity contribution in [1.29, 1.82) is 5.26 Å². The number of benzene rings is 2. The van der Waals surface area contributed by atoms with Gasteiger partial charge >= 0.3 is 6.36 Å². The average molecular weight is 342 g/mol. The number of para-hydroxylation sites is 1. The molecule has 0 heterocycles. The molecule has 1 N–H and O–H groups in total.